The van der Waals surface area contributed by atoms with Gasteiger partial charge in [-0.2, -0.15) is 5.10 Å². The Morgan fingerprint density at radius 1 is 1.12 bits per heavy atom. The van der Waals surface area contributed by atoms with Crippen LogP contribution >= 0.6 is 0 Å². The van der Waals surface area contributed by atoms with Crippen LogP contribution in [0.15, 0.2) is 65.8 Å². The predicted molar refractivity (Wildman–Crippen MR) is 156 cm³/mol. The first-order valence-electron chi connectivity index (χ1n) is 12.8. The fraction of sp³-hybridized carbons (Fsp3) is 0.286. The number of sulfone groups is 1. The Hall–Kier alpha value is -4.00. The van der Waals surface area contributed by atoms with Crippen molar-refractivity contribution in [3.63, 3.8) is 0 Å². The zero-order chi connectivity index (χ0) is 28.3. The van der Waals surface area contributed by atoms with Crippen molar-refractivity contribution in [3.8, 4) is 5.75 Å². The van der Waals surface area contributed by atoms with E-state index in [9.17, 15) is 12.8 Å². The normalized spacial score (nSPS) is 16.5. The minimum Gasteiger partial charge on any atom is -0.495 e. The van der Waals surface area contributed by atoms with Crippen molar-refractivity contribution in [2.45, 2.75) is 12.2 Å². The molecule has 0 fully saturated rings. The Bertz CT molecular complexity index is 1670. The number of aliphatic imine (C=N–C) groups is 1. The molecule has 1 atom stereocenters. The first-order valence-corrected chi connectivity index (χ1v) is 14.9. The number of ether oxygens (including phenoxy) is 1. The van der Waals surface area contributed by atoms with Crippen LogP contribution < -0.4 is 26.4 Å². The van der Waals surface area contributed by atoms with E-state index in [1.165, 1.54) is 18.4 Å². The summed E-state index contributed by atoms with van der Waals surface area (Å²) >= 11 is 0. The number of benzene rings is 3. The van der Waals surface area contributed by atoms with E-state index in [-0.39, 0.29) is 11.6 Å². The average Bonchev–Trinajstić information content (AvgIpc) is 3.32. The van der Waals surface area contributed by atoms with Crippen LogP contribution in [0.3, 0.4) is 0 Å². The molecule has 5 N–H and O–H groups in total. The highest BCUT2D eigenvalue weighted by Gasteiger charge is 2.35. The topological polar surface area (TPSA) is 136 Å². The molecule has 0 bridgehead atoms. The molecular formula is C28H32FN7O3S. The fourth-order valence-electron chi connectivity index (χ4n) is 4.75. The summed E-state index contributed by atoms with van der Waals surface area (Å²) in [7, 11) is -1.41. The lowest BCUT2D eigenvalue weighted by Crippen LogP contribution is -2.39. The van der Waals surface area contributed by atoms with Gasteiger partial charge in [0.1, 0.15) is 21.4 Å². The van der Waals surface area contributed by atoms with E-state index in [4.69, 9.17) is 10.5 Å². The molecule has 10 nitrogen and oxygen atoms in total. The molecule has 0 spiro atoms. The molecule has 1 aliphatic rings. The summed E-state index contributed by atoms with van der Waals surface area (Å²) in [4.78, 5) is 4.64. The lowest BCUT2D eigenvalue weighted by molar-refractivity contribution is 0.416. The zero-order valence-electron chi connectivity index (χ0n) is 22.3. The van der Waals surface area contributed by atoms with Gasteiger partial charge in [0.2, 0.25) is 0 Å². The molecule has 0 saturated heterocycles. The lowest BCUT2D eigenvalue weighted by Gasteiger charge is -2.32. The van der Waals surface area contributed by atoms with E-state index in [2.05, 4.69) is 26.0 Å². The fourth-order valence-corrected chi connectivity index (χ4v) is 5.27. The van der Waals surface area contributed by atoms with Crippen molar-refractivity contribution < 1.29 is 17.5 Å². The van der Waals surface area contributed by atoms with Crippen molar-refractivity contribution >= 4 is 38.5 Å². The van der Waals surface area contributed by atoms with Gasteiger partial charge >= 0.3 is 0 Å². The number of nitrogens with two attached hydrogens (primary N) is 1. The summed E-state index contributed by atoms with van der Waals surface area (Å²) < 4.78 is 43.7. The summed E-state index contributed by atoms with van der Waals surface area (Å²) in [5, 5.41) is 15.0. The molecule has 1 aromatic heterocycles. The number of halogens is 1. The van der Waals surface area contributed by atoms with E-state index in [0.29, 0.717) is 31.9 Å². The van der Waals surface area contributed by atoms with Gasteiger partial charge in [0.05, 0.1) is 48.8 Å². The Labute approximate surface area is 232 Å². The van der Waals surface area contributed by atoms with Crippen LogP contribution in [0.2, 0.25) is 0 Å². The van der Waals surface area contributed by atoms with E-state index in [1.54, 1.807) is 25.7 Å². The SMILES string of the molecule is COc1cc2c(cc1NCCNCCS(C)(=O)=O)C(N)(c1ccc3c(cnn3Cc3cccc(F)c3)c1)N=CN2. The largest absolute Gasteiger partial charge is 0.495 e. The van der Waals surface area contributed by atoms with Gasteiger partial charge in [-0.15, -0.1) is 0 Å². The number of anilines is 2. The Morgan fingerprint density at radius 3 is 2.75 bits per heavy atom. The molecule has 4 aromatic rings. The van der Waals surface area contributed by atoms with Crippen LogP contribution in [0.25, 0.3) is 10.9 Å². The summed E-state index contributed by atoms with van der Waals surface area (Å²) in [6.07, 6.45) is 4.57. The number of hydrogen-bond donors (Lipinski definition) is 4. The standard InChI is InChI=1S/C28H32FN7O3S/c1-39-27-15-24-23(14-25(27)32-9-8-31-10-11-40(2,37)38)28(30,34-18-33-24)21-6-7-26-20(13-21)16-35-36(26)17-19-4-3-5-22(29)12-19/h3-7,12-16,18,31-32H,8-11,17,30H2,1-2H3,(H,33,34). The van der Waals surface area contributed by atoms with Gasteiger partial charge in [-0.25, -0.2) is 17.8 Å². The van der Waals surface area contributed by atoms with Crippen LogP contribution in [0.4, 0.5) is 15.8 Å². The lowest BCUT2D eigenvalue weighted by atomic mass is 9.89. The third-order valence-corrected chi connectivity index (χ3v) is 7.75. The van der Waals surface area contributed by atoms with Crippen LogP contribution in [0.1, 0.15) is 16.7 Å². The van der Waals surface area contributed by atoms with Crippen molar-refractivity contribution in [3.05, 3.63) is 83.3 Å². The second kappa shape index (κ2) is 11.2. The maximum absolute atomic E-state index is 13.7. The summed E-state index contributed by atoms with van der Waals surface area (Å²) in [6.45, 7) is 1.94. The molecule has 1 unspecified atom stereocenters. The molecule has 5 rings (SSSR count). The molecule has 210 valence electrons. The molecule has 2 heterocycles. The number of hydrogen-bond acceptors (Lipinski definition) is 9. The number of rotatable bonds is 11. The second-order valence-corrected chi connectivity index (χ2v) is 12.0. The predicted octanol–water partition coefficient (Wildman–Crippen LogP) is 2.89. The number of nitrogens with zero attached hydrogens (tertiary/aromatic N) is 3. The average molecular weight is 566 g/mol. The minimum absolute atomic E-state index is 0.0859. The van der Waals surface area contributed by atoms with Crippen molar-refractivity contribution in [1.82, 2.24) is 15.1 Å². The van der Waals surface area contributed by atoms with Crippen LogP contribution in [0.5, 0.6) is 5.75 Å². The van der Waals surface area contributed by atoms with Crippen molar-refractivity contribution in [2.75, 3.05) is 49.4 Å². The van der Waals surface area contributed by atoms with E-state index in [0.717, 1.165) is 39.0 Å². The van der Waals surface area contributed by atoms with E-state index in [1.807, 2.05) is 41.1 Å². The molecule has 0 saturated carbocycles. The number of fused-ring (bicyclic) bond motifs is 2. The van der Waals surface area contributed by atoms with Gasteiger partial charge < -0.3 is 20.7 Å². The number of methoxy groups -OCH3 is 1. The third-order valence-electron chi connectivity index (χ3n) is 6.81. The van der Waals surface area contributed by atoms with Gasteiger partial charge in [0, 0.05) is 42.9 Å². The Morgan fingerprint density at radius 2 is 1.98 bits per heavy atom. The zero-order valence-corrected chi connectivity index (χ0v) is 23.1. The van der Waals surface area contributed by atoms with Crippen LogP contribution in [0, 0.1) is 5.82 Å². The highest BCUT2D eigenvalue weighted by atomic mass is 32.2. The van der Waals surface area contributed by atoms with E-state index >= 15 is 0 Å². The quantitative estimate of drug-likeness (QED) is 0.204. The minimum atomic E-state index is -3.01. The van der Waals surface area contributed by atoms with Gasteiger partial charge in [-0.1, -0.05) is 18.2 Å². The van der Waals surface area contributed by atoms with Crippen molar-refractivity contribution in [1.29, 1.82) is 0 Å². The maximum Gasteiger partial charge on any atom is 0.163 e. The molecule has 0 aliphatic carbocycles. The first-order chi connectivity index (χ1) is 19.2. The van der Waals surface area contributed by atoms with Crippen LogP contribution in [-0.4, -0.2) is 63.3 Å². The number of aromatic nitrogens is 2. The monoisotopic (exact) mass is 565 g/mol. The second-order valence-electron chi connectivity index (χ2n) is 9.78. The summed E-state index contributed by atoms with van der Waals surface area (Å²) in [5.74, 6) is 0.439. The third kappa shape index (κ3) is 5.93. The van der Waals surface area contributed by atoms with Gasteiger partial charge in [-0.3, -0.25) is 10.4 Å². The first kappa shape index (κ1) is 27.6. The van der Waals surface area contributed by atoms with Gasteiger partial charge in [0.15, 0.2) is 5.66 Å². The highest BCUT2D eigenvalue weighted by Crippen LogP contribution is 2.41. The Kier molecular flexibility index (Phi) is 7.74. The van der Waals surface area contributed by atoms with Gasteiger partial charge in [-0.05, 0) is 41.5 Å². The molecule has 12 heteroatoms. The molecule has 1 aliphatic heterocycles. The molecule has 0 radical (unpaired) electrons. The molecular weight excluding hydrogens is 533 g/mol. The van der Waals surface area contributed by atoms with Crippen molar-refractivity contribution in [2.24, 2.45) is 10.7 Å². The summed E-state index contributed by atoms with van der Waals surface area (Å²) in [5.41, 5.74) is 10.6. The number of nitrogens with one attached hydrogen (secondary N) is 3. The maximum atomic E-state index is 13.7. The van der Waals surface area contributed by atoms with Crippen LogP contribution in [-0.2, 0) is 22.0 Å². The smallest absolute Gasteiger partial charge is 0.163 e. The van der Waals surface area contributed by atoms with E-state index < -0.39 is 15.5 Å². The molecule has 3 aromatic carbocycles. The summed E-state index contributed by atoms with van der Waals surface area (Å²) in [6, 6.07) is 16.1. The Balaban J connectivity index is 1.39. The highest BCUT2D eigenvalue weighted by molar-refractivity contribution is 7.90. The van der Waals surface area contributed by atoms with Gasteiger partial charge in [0.25, 0.3) is 0 Å². The molecule has 0 amide bonds. The molecule has 40 heavy (non-hydrogen) atoms.